The van der Waals surface area contributed by atoms with Crippen molar-refractivity contribution in [1.82, 2.24) is 9.80 Å². The zero-order chi connectivity index (χ0) is 28.8. The van der Waals surface area contributed by atoms with Crippen LogP contribution < -0.4 is 14.2 Å². The average Bonchev–Trinajstić information content (AvgIpc) is 3.48. The lowest BCUT2D eigenvalue weighted by atomic mass is 9.94. The Bertz CT molecular complexity index is 1390. The summed E-state index contributed by atoms with van der Waals surface area (Å²) in [5, 5.41) is 11.8. The van der Waals surface area contributed by atoms with Crippen molar-refractivity contribution >= 4 is 22.7 Å². The molecule has 0 radical (unpaired) electrons. The number of ether oxygens (including phenoxy) is 3. The number of hydrogen-bond donors (Lipinski definition) is 1. The molecule has 1 N–H and O–H groups in total. The molecule has 40 heavy (non-hydrogen) atoms. The Hall–Kier alpha value is -3.98. The molecule has 0 aliphatic carbocycles. The Morgan fingerprint density at radius 2 is 1.85 bits per heavy atom. The van der Waals surface area contributed by atoms with Gasteiger partial charge in [-0.1, -0.05) is 31.5 Å². The summed E-state index contributed by atoms with van der Waals surface area (Å²) in [6, 6.07) is 11.5. The highest BCUT2D eigenvalue weighted by molar-refractivity contribution is 6.16. The van der Waals surface area contributed by atoms with E-state index in [0.717, 1.165) is 19.4 Å². The molecule has 1 amide bonds. The first-order valence-electron chi connectivity index (χ1n) is 13.7. The second-order valence-electron chi connectivity index (χ2n) is 9.98. The Morgan fingerprint density at radius 3 is 2.55 bits per heavy atom. The van der Waals surface area contributed by atoms with Gasteiger partial charge in [0, 0.05) is 11.9 Å². The lowest BCUT2D eigenvalue weighted by Gasteiger charge is -2.28. The van der Waals surface area contributed by atoms with Gasteiger partial charge in [-0.2, -0.15) is 0 Å². The summed E-state index contributed by atoms with van der Waals surface area (Å²) in [4.78, 5) is 30.9. The van der Waals surface area contributed by atoms with Gasteiger partial charge in [0.2, 0.25) is 5.78 Å². The molecule has 0 spiro atoms. The lowest BCUT2D eigenvalue weighted by molar-refractivity contribution is -0.129. The molecule has 2 heterocycles. The third-order valence-corrected chi connectivity index (χ3v) is 6.84. The van der Waals surface area contributed by atoms with Crippen LogP contribution in [0, 0.1) is 0 Å². The number of amides is 1. The first-order valence-corrected chi connectivity index (χ1v) is 13.7. The number of hydrogen-bond acceptors (Lipinski definition) is 8. The van der Waals surface area contributed by atoms with Crippen LogP contribution in [-0.4, -0.2) is 74.1 Å². The summed E-state index contributed by atoms with van der Waals surface area (Å²) in [7, 11) is 5.43. The molecule has 1 aliphatic rings. The molecule has 0 saturated heterocycles. The molecule has 0 bridgehead atoms. The van der Waals surface area contributed by atoms with Gasteiger partial charge in [-0.25, -0.2) is 0 Å². The summed E-state index contributed by atoms with van der Waals surface area (Å²) in [5.74, 6) is -0.130. The van der Waals surface area contributed by atoms with Gasteiger partial charge in [-0.3, -0.25) is 9.59 Å². The maximum Gasteiger partial charge on any atom is 0.290 e. The Kier molecular flexibility index (Phi) is 9.37. The largest absolute Gasteiger partial charge is 0.503 e. The van der Waals surface area contributed by atoms with E-state index in [9.17, 15) is 14.7 Å². The second-order valence-corrected chi connectivity index (χ2v) is 9.98. The normalized spacial score (nSPS) is 15.4. The van der Waals surface area contributed by atoms with E-state index in [1.54, 1.807) is 30.3 Å². The molecule has 9 heteroatoms. The monoisotopic (exact) mass is 550 g/mol. The molecule has 1 atom stereocenters. The van der Waals surface area contributed by atoms with Crippen molar-refractivity contribution in [2.75, 3.05) is 47.5 Å². The van der Waals surface area contributed by atoms with Crippen LogP contribution >= 0.6 is 0 Å². The smallest absolute Gasteiger partial charge is 0.290 e. The standard InChI is InChI=1S/C31H38N2O7/c1-6-8-17-39-22-14-13-20(18-24(22)38-7-2)27-26(29(35)31(36)33(27)16-10-15-32(3)4)28(34)25-19-21-11-9-12-23(37-5)30(21)40-25/h9,11-14,18-19,27,35H,6-8,10,15-17H2,1-5H3. The minimum Gasteiger partial charge on any atom is -0.503 e. The van der Waals surface area contributed by atoms with Gasteiger partial charge in [0.05, 0.1) is 31.9 Å². The number of benzene rings is 2. The number of ketones is 1. The maximum atomic E-state index is 13.9. The topological polar surface area (TPSA) is 102 Å². The highest BCUT2D eigenvalue weighted by Gasteiger charge is 2.44. The Morgan fingerprint density at radius 1 is 1.05 bits per heavy atom. The third-order valence-electron chi connectivity index (χ3n) is 6.84. The van der Waals surface area contributed by atoms with Crippen molar-refractivity contribution in [3.05, 3.63) is 65.1 Å². The van der Waals surface area contributed by atoms with Gasteiger partial charge in [-0.05, 0) is 70.2 Å². The first kappa shape index (κ1) is 29.0. The van der Waals surface area contributed by atoms with Crippen molar-refractivity contribution in [2.45, 2.75) is 39.2 Å². The van der Waals surface area contributed by atoms with Crippen molar-refractivity contribution in [2.24, 2.45) is 0 Å². The van der Waals surface area contributed by atoms with Gasteiger partial charge in [0.15, 0.2) is 34.4 Å². The predicted octanol–water partition coefficient (Wildman–Crippen LogP) is 5.55. The molecule has 214 valence electrons. The molecule has 1 unspecified atom stereocenters. The van der Waals surface area contributed by atoms with Crippen molar-refractivity contribution in [1.29, 1.82) is 0 Å². The molecule has 0 fully saturated rings. The first-order chi connectivity index (χ1) is 19.3. The van der Waals surface area contributed by atoms with E-state index >= 15 is 0 Å². The predicted molar refractivity (Wildman–Crippen MR) is 152 cm³/mol. The molecule has 2 aromatic carbocycles. The minimum atomic E-state index is -0.832. The average molecular weight is 551 g/mol. The summed E-state index contributed by atoms with van der Waals surface area (Å²) in [5.41, 5.74) is 1.02. The van der Waals surface area contributed by atoms with E-state index in [2.05, 4.69) is 6.92 Å². The number of carbonyl (C=O) groups is 2. The minimum absolute atomic E-state index is 0.0125. The number of para-hydroxylation sites is 1. The van der Waals surface area contributed by atoms with E-state index < -0.39 is 23.5 Å². The van der Waals surface area contributed by atoms with Gasteiger partial charge in [0.25, 0.3) is 5.91 Å². The number of carbonyl (C=O) groups excluding carboxylic acids is 2. The lowest BCUT2D eigenvalue weighted by Crippen LogP contribution is -2.33. The Labute approximate surface area is 234 Å². The number of aliphatic hydroxyl groups is 1. The number of aliphatic hydroxyl groups excluding tert-OH is 1. The van der Waals surface area contributed by atoms with Gasteiger partial charge in [0.1, 0.15) is 0 Å². The van der Waals surface area contributed by atoms with E-state index in [1.807, 2.05) is 38.1 Å². The fourth-order valence-corrected chi connectivity index (χ4v) is 4.87. The zero-order valence-corrected chi connectivity index (χ0v) is 23.9. The van der Waals surface area contributed by atoms with E-state index in [-0.39, 0.29) is 11.3 Å². The molecule has 9 nitrogen and oxygen atoms in total. The van der Waals surface area contributed by atoms with E-state index in [4.69, 9.17) is 18.6 Å². The van der Waals surface area contributed by atoms with Crippen molar-refractivity contribution in [3.8, 4) is 17.2 Å². The van der Waals surface area contributed by atoms with Crippen molar-refractivity contribution < 1.29 is 33.3 Å². The number of unbranched alkanes of at least 4 members (excludes halogenated alkanes) is 1. The number of nitrogens with zero attached hydrogens (tertiary/aromatic N) is 2. The number of fused-ring (bicyclic) bond motifs is 1. The highest BCUT2D eigenvalue weighted by Crippen LogP contribution is 2.42. The fraction of sp³-hybridized carbons (Fsp3) is 0.419. The summed E-state index contributed by atoms with van der Waals surface area (Å²) < 4.78 is 23.1. The zero-order valence-electron chi connectivity index (χ0n) is 23.9. The Balaban J connectivity index is 1.77. The van der Waals surface area contributed by atoms with Crippen molar-refractivity contribution in [3.63, 3.8) is 0 Å². The number of methoxy groups -OCH3 is 1. The molecular formula is C31H38N2O7. The molecule has 4 rings (SSSR count). The number of Topliss-reactive ketones (excluding diaryl/α,β-unsaturated/α-hetero) is 1. The van der Waals surface area contributed by atoms with Crippen LogP contribution in [0.15, 0.2) is 58.2 Å². The van der Waals surface area contributed by atoms with Crippen LogP contribution in [0.5, 0.6) is 17.2 Å². The summed E-state index contributed by atoms with van der Waals surface area (Å²) in [6.45, 7) is 6.01. The van der Waals surface area contributed by atoms with Gasteiger partial charge in [-0.15, -0.1) is 0 Å². The molecular weight excluding hydrogens is 512 g/mol. The van der Waals surface area contributed by atoms with E-state index in [1.165, 1.54) is 12.0 Å². The van der Waals surface area contributed by atoms with Crippen LogP contribution in [0.3, 0.4) is 0 Å². The third kappa shape index (κ3) is 5.94. The molecule has 0 saturated carbocycles. The molecule has 1 aromatic heterocycles. The van der Waals surface area contributed by atoms with Gasteiger partial charge >= 0.3 is 0 Å². The fourth-order valence-electron chi connectivity index (χ4n) is 4.87. The van der Waals surface area contributed by atoms with Crippen LogP contribution in [0.4, 0.5) is 0 Å². The highest BCUT2D eigenvalue weighted by atomic mass is 16.5. The SMILES string of the molecule is CCCCOc1ccc(C2C(C(=O)c3cc4cccc(OC)c4o3)=C(O)C(=O)N2CCCN(C)C)cc1OCC. The summed E-state index contributed by atoms with van der Waals surface area (Å²) >= 11 is 0. The second kappa shape index (κ2) is 12.9. The number of furan rings is 1. The quantitative estimate of drug-likeness (QED) is 0.206. The van der Waals surface area contributed by atoms with Crippen LogP contribution in [0.2, 0.25) is 0 Å². The van der Waals surface area contributed by atoms with Crippen LogP contribution in [-0.2, 0) is 4.79 Å². The summed E-state index contributed by atoms with van der Waals surface area (Å²) in [6.07, 6.45) is 2.56. The number of rotatable bonds is 14. The van der Waals surface area contributed by atoms with E-state index in [0.29, 0.717) is 60.0 Å². The van der Waals surface area contributed by atoms with Crippen LogP contribution in [0.1, 0.15) is 55.3 Å². The maximum absolute atomic E-state index is 13.9. The van der Waals surface area contributed by atoms with Crippen LogP contribution in [0.25, 0.3) is 11.0 Å². The molecule has 1 aliphatic heterocycles. The molecule has 3 aromatic rings. The van der Waals surface area contributed by atoms with Gasteiger partial charge < -0.3 is 33.5 Å².